The molecular weight excluding hydrogens is 697 g/mol. The van der Waals surface area contributed by atoms with Crippen LogP contribution in [0.1, 0.15) is 63.0 Å². The second kappa shape index (κ2) is 15.9. The predicted octanol–water partition coefficient (Wildman–Crippen LogP) is 5.02. The summed E-state index contributed by atoms with van der Waals surface area (Å²) in [4.78, 5) is 43.4. The third-order valence-corrected chi connectivity index (χ3v) is 9.72. The van der Waals surface area contributed by atoms with Crippen molar-refractivity contribution in [2.45, 2.75) is 58.5 Å². The van der Waals surface area contributed by atoms with Gasteiger partial charge in [-0.3, -0.25) is 14.2 Å². The zero-order valence-electron chi connectivity index (χ0n) is 30.6. The lowest BCUT2D eigenvalue weighted by Crippen LogP contribution is -2.24. The number of rotatable bonds is 9. The van der Waals surface area contributed by atoms with Crippen molar-refractivity contribution in [3.05, 3.63) is 107 Å². The Morgan fingerprint density at radius 1 is 0.818 bits per heavy atom. The molecule has 0 saturated carbocycles. The molecule has 2 aromatic carbocycles. The lowest BCUT2D eigenvalue weighted by atomic mass is 9.93. The molecule has 5 N–H and O–H groups in total. The number of anilines is 4. The Labute approximate surface area is 317 Å². The standard InChI is InChI=1S/C21H24N6O2.C19H18N6O/c1-2-29-20(28)19-16-10-9-14-13-23-21(24-15-7-4-3-5-8-15)25-17(14)18(16)26-27(19)12-6-11-22;26-18-17-14-8-7-12-11-21-19(22-13-5-2-1-3-6-13)23-15(12)16(14)24-25(17)10-4-9-20-18/h3-5,7-8,13H,2,6,9-12,22H2,1H3,(H,23,24,25);1-3,5-6,11H,4,7-10H2,(H,20,26)(H,21,22,23). The largest absolute Gasteiger partial charge is 0.461 e. The van der Waals surface area contributed by atoms with Crippen molar-refractivity contribution < 1.29 is 14.3 Å². The van der Waals surface area contributed by atoms with E-state index in [0.717, 1.165) is 95.1 Å². The Morgan fingerprint density at radius 3 is 2.02 bits per heavy atom. The van der Waals surface area contributed by atoms with Gasteiger partial charge in [-0.15, -0.1) is 0 Å². The van der Waals surface area contributed by atoms with E-state index in [-0.39, 0.29) is 11.9 Å². The van der Waals surface area contributed by atoms with Gasteiger partial charge in [-0.1, -0.05) is 36.4 Å². The quantitative estimate of drug-likeness (QED) is 0.145. The smallest absolute Gasteiger partial charge is 0.356 e. The minimum absolute atomic E-state index is 0.0311. The van der Waals surface area contributed by atoms with Crippen molar-refractivity contribution in [3.63, 3.8) is 0 Å². The van der Waals surface area contributed by atoms with Crippen LogP contribution in [0.4, 0.5) is 23.3 Å². The van der Waals surface area contributed by atoms with E-state index >= 15 is 0 Å². The molecule has 6 aromatic rings. The summed E-state index contributed by atoms with van der Waals surface area (Å²) >= 11 is 0. The molecule has 0 radical (unpaired) electrons. The third-order valence-electron chi connectivity index (χ3n) is 9.72. The number of nitrogens with one attached hydrogen (secondary N) is 3. The van der Waals surface area contributed by atoms with Crippen LogP contribution in [0.15, 0.2) is 73.1 Å². The maximum Gasteiger partial charge on any atom is 0.356 e. The van der Waals surface area contributed by atoms with E-state index in [0.29, 0.717) is 55.9 Å². The van der Waals surface area contributed by atoms with Gasteiger partial charge in [0.15, 0.2) is 0 Å². The SMILES string of the molecule is CCOC(=O)c1c2c(nn1CCCN)-c1nc(Nc3ccccc3)ncc1CC2.O=C1NCCCn2nc3c(c21)CCc1cnc(Nc2ccccc2)nc1-3. The first-order valence-electron chi connectivity index (χ1n) is 18.7. The van der Waals surface area contributed by atoms with Gasteiger partial charge >= 0.3 is 5.97 Å². The number of aryl methyl sites for hydroxylation is 4. The van der Waals surface area contributed by atoms with Crippen LogP contribution >= 0.6 is 0 Å². The lowest BCUT2D eigenvalue weighted by Gasteiger charge is -2.16. The van der Waals surface area contributed by atoms with Crippen LogP contribution in [0.3, 0.4) is 0 Å². The molecule has 280 valence electrons. The number of esters is 1. The normalized spacial score (nSPS) is 13.7. The molecule has 15 nitrogen and oxygen atoms in total. The van der Waals surface area contributed by atoms with Gasteiger partial charge in [0.25, 0.3) is 5.91 Å². The molecule has 15 heteroatoms. The van der Waals surface area contributed by atoms with Crippen LogP contribution in [-0.4, -0.2) is 71.1 Å². The van der Waals surface area contributed by atoms with Gasteiger partial charge in [-0.25, -0.2) is 24.7 Å². The highest BCUT2D eigenvalue weighted by molar-refractivity contribution is 5.96. The molecule has 4 aromatic heterocycles. The number of ether oxygens (including phenoxy) is 1. The highest BCUT2D eigenvalue weighted by Crippen LogP contribution is 2.36. The summed E-state index contributed by atoms with van der Waals surface area (Å²) in [5, 5.41) is 18.9. The van der Waals surface area contributed by atoms with Crippen molar-refractivity contribution in [1.82, 2.24) is 44.8 Å². The number of carbonyl (C=O) groups is 2. The summed E-state index contributed by atoms with van der Waals surface area (Å²) in [7, 11) is 0. The van der Waals surface area contributed by atoms with E-state index in [4.69, 9.17) is 30.6 Å². The summed E-state index contributed by atoms with van der Waals surface area (Å²) in [5.41, 5.74) is 15.8. The Bertz CT molecular complexity index is 2340. The number of fused-ring (bicyclic) bond motifs is 8. The molecule has 1 aliphatic heterocycles. The third kappa shape index (κ3) is 7.38. The van der Waals surface area contributed by atoms with Gasteiger partial charge < -0.3 is 26.4 Å². The number of carbonyl (C=O) groups excluding carboxylic acids is 2. The molecule has 0 fully saturated rings. The maximum absolute atomic E-state index is 12.6. The molecule has 3 aliphatic rings. The molecule has 55 heavy (non-hydrogen) atoms. The number of nitrogens with two attached hydrogens (primary N) is 1. The number of amides is 1. The Balaban J connectivity index is 0.000000156. The lowest BCUT2D eigenvalue weighted by molar-refractivity contribution is 0.0510. The van der Waals surface area contributed by atoms with Crippen LogP contribution < -0.4 is 21.7 Å². The van der Waals surface area contributed by atoms with Crippen molar-refractivity contribution in [2.24, 2.45) is 5.73 Å². The van der Waals surface area contributed by atoms with Gasteiger partial charge in [-0.2, -0.15) is 10.2 Å². The number of para-hydroxylation sites is 2. The number of benzene rings is 2. The molecule has 9 rings (SSSR count). The summed E-state index contributed by atoms with van der Waals surface area (Å²) < 4.78 is 8.85. The van der Waals surface area contributed by atoms with E-state index in [1.54, 1.807) is 11.6 Å². The monoisotopic (exact) mass is 738 g/mol. The first-order valence-corrected chi connectivity index (χ1v) is 18.7. The van der Waals surface area contributed by atoms with Crippen LogP contribution in [0, 0.1) is 0 Å². The van der Waals surface area contributed by atoms with E-state index in [1.807, 2.05) is 77.7 Å². The topological polar surface area (TPSA) is 193 Å². The molecule has 0 bridgehead atoms. The van der Waals surface area contributed by atoms with Gasteiger partial charge in [0.1, 0.15) is 22.8 Å². The van der Waals surface area contributed by atoms with Crippen molar-refractivity contribution in [1.29, 1.82) is 0 Å². The fourth-order valence-corrected chi connectivity index (χ4v) is 7.14. The molecule has 1 amide bonds. The minimum atomic E-state index is -0.349. The fraction of sp³-hybridized carbons (Fsp3) is 0.300. The molecule has 0 unspecified atom stereocenters. The van der Waals surface area contributed by atoms with Crippen LogP contribution in [0.5, 0.6) is 0 Å². The molecule has 0 spiro atoms. The van der Waals surface area contributed by atoms with Gasteiger partial charge in [0.05, 0.1) is 18.0 Å². The fourth-order valence-electron chi connectivity index (χ4n) is 7.14. The molecule has 2 aliphatic carbocycles. The van der Waals surface area contributed by atoms with Gasteiger partial charge in [-0.05, 0) is 87.4 Å². The average Bonchev–Trinajstić information content (AvgIpc) is 3.73. The second-order valence-electron chi connectivity index (χ2n) is 13.4. The van der Waals surface area contributed by atoms with E-state index in [9.17, 15) is 9.59 Å². The maximum atomic E-state index is 12.6. The molecule has 0 saturated heterocycles. The number of aromatic nitrogens is 8. The van der Waals surface area contributed by atoms with Crippen LogP contribution in [0.2, 0.25) is 0 Å². The van der Waals surface area contributed by atoms with E-state index in [2.05, 4.69) is 25.9 Å². The average molecular weight is 739 g/mol. The molecule has 0 atom stereocenters. The first-order chi connectivity index (χ1) is 27.0. The number of hydrogen-bond donors (Lipinski definition) is 4. The highest BCUT2D eigenvalue weighted by Gasteiger charge is 2.32. The highest BCUT2D eigenvalue weighted by atomic mass is 16.5. The Morgan fingerprint density at radius 2 is 1.42 bits per heavy atom. The second-order valence-corrected chi connectivity index (χ2v) is 13.4. The first kappa shape index (κ1) is 35.5. The summed E-state index contributed by atoms with van der Waals surface area (Å²) in [6.45, 7) is 4.65. The van der Waals surface area contributed by atoms with Crippen molar-refractivity contribution >= 4 is 35.1 Å². The van der Waals surface area contributed by atoms with Crippen molar-refractivity contribution in [3.8, 4) is 22.8 Å². The minimum Gasteiger partial charge on any atom is -0.461 e. The van der Waals surface area contributed by atoms with Crippen molar-refractivity contribution in [2.75, 3.05) is 30.3 Å². The predicted molar refractivity (Wildman–Crippen MR) is 207 cm³/mol. The van der Waals surface area contributed by atoms with Crippen LogP contribution in [-0.2, 0) is 43.5 Å². The van der Waals surface area contributed by atoms with Crippen LogP contribution in [0.25, 0.3) is 22.8 Å². The summed E-state index contributed by atoms with van der Waals surface area (Å²) in [6, 6.07) is 19.6. The Kier molecular flexibility index (Phi) is 10.3. The summed E-state index contributed by atoms with van der Waals surface area (Å²) in [6.07, 6.45) is 8.37. The zero-order valence-corrected chi connectivity index (χ0v) is 30.6. The Hall–Kier alpha value is -6.48. The van der Waals surface area contributed by atoms with Gasteiger partial charge in [0.2, 0.25) is 11.9 Å². The van der Waals surface area contributed by atoms with E-state index in [1.165, 1.54) is 0 Å². The summed E-state index contributed by atoms with van der Waals surface area (Å²) in [5.74, 6) is 0.655. The zero-order chi connectivity index (χ0) is 37.7. The molecule has 5 heterocycles. The molecular formula is C40H42N12O3. The number of hydrogen-bond acceptors (Lipinski definition) is 12. The van der Waals surface area contributed by atoms with E-state index < -0.39 is 0 Å². The van der Waals surface area contributed by atoms with Gasteiger partial charge in [0, 0.05) is 54.5 Å². The number of nitrogens with zero attached hydrogens (tertiary/aromatic N) is 8.